The van der Waals surface area contributed by atoms with Crippen LogP contribution in [0.25, 0.3) is 0 Å². The fourth-order valence-electron chi connectivity index (χ4n) is 2.34. The Bertz CT molecular complexity index is 975. The predicted octanol–water partition coefficient (Wildman–Crippen LogP) is 2.68. The SMILES string of the molecule is CS(=O)(=O)NCCCC(=O)Cc1cocc1C(=Nc1ccc(F)c(Br)c1)NO. The Hall–Kier alpha value is -2.08. The number of benzene rings is 1. The molecule has 0 atom stereocenters. The van der Waals surface area contributed by atoms with Gasteiger partial charge in [-0.15, -0.1) is 0 Å². The van der Waals surface area contributed by atoms with E-state index in [-0.39, 0.29) is 35.5 Å². The molecule has 0 saturated heterocycles. The second kappa shape index (κ2) is 9.92. The Morgan fingerprint density at radius 3 is 2.75 bits per heavy atom. The number of sulfonamides is 1. The number of amidine groups is 1. The van der Waals surface area contributed by atoms with Crippen LogP contribution in [0, 0.1) is 5.82 Å². The molecule has 152 valence electrons. The van der Waals surface area contributed by atoms with Gasteiger partial charge in [-0.05, 0) is 40.5 Å². The van der Waals surface area contributed by atoms with Gasteiger partial charge in [-0.2, -0.15) is 0 Å². The van der Waals surface area contributed by atoms with Gasteiger partial charge < -0.3 is 4.42 Å². The third kappa shape index (κ3) is 6.82. The molecule has 0 amide bonds. The number of carbonyl (C=O) groups excluding carboxylic acids is 1. The van der Waals surface area contributed by atoms with Crippen molar-refractivity contribution in [2.24, 2.45) is 4.99 Å². The van der Waals surface area contributed by atoms with Gasteiger partial charge >= 0.3 is 0 Å². The molecule has 11 heteroatoms. The minimum Gasteiger partial charge on any atom is -0.472 e. The summed E-state index contributed by atoms with van der Waals surface area (Å²) >= 11 is 3.06. The summed E-state index contributed by atoms with van der Waals surface area (Å²) in [5.74, 6) is -0.536. The molecule has 0 bridgehead atoms. The first kappa shape index (κ1) is 22.2. The number of hydrogen-bond acceptors (Lipinski definition) is 6. The maximum absolute atomic E-state index is 13.3. The number of halogens is 2. The lowest BCUT2D eigenvalue weighted by molar-refractivity contribution is -0.118. The van der Waals surface area contributed by atoms with Crippen molar-refractivity contribution in [2.75, 3.05) is 12.8 Å². The lowest BCUT2D eigenvalue weighted by Gasteiger charge is -2.06. The van der Waals surface area contributed by atoms with Gasteiger partial charge in [0.05, 0.1) is 28.2 Å². The van der Waals surface area contributed by atoms with Crippen LogP contribution >= 0.6 is 15.9 Å². The highest BCUT2D eigenvalue weighted by atomic mass is 79.9. The quantitative estimate of drug-likeness (QED) is 0.222. The normalized spacial score (nSPS) is 12.2. The van der Waals surface area contributed by atoms with Gasteiger partial charge in [0.1, 0.15) is 17.9 Å². The Morgan fingerprint density at radius 2 is 2.11 bits per heavy atom. The number of nitrogens with zero attached hydrogens (tertiary/aromatic N) is 1. The van der Waals surface area contributed by atoms with E-state index in [1.807, 2.05) is 5.48 Å². The number of nitrogens with one attached hydrogen (secondary N) is 2. The molecule has 1 aromatic carbocycles. The molecule has 8 nitrogen and oxygen atoms in total. The average molecular weight is 476 g/mol. The molecule has 28 heavy (non-hydrogen) atoms. The minimum atomic E-state index is -3.28. The second-order valence-corrected chi connectivity index (χ2v) is 8.65. The van der Waals surface area contributed by atoms with Crippen molar-refractivity contribution >= 4 is 43.3 Å². The van der Waals surface area contributed by atoms with Crippen molar-refractivity contribution in [2.45, 2.75) is 19.3 Å². The van der Waals surface area contributed by atoms with Gasteiger partial charge in [0.25, 0.3) is 0 Å². The van der Waals surface area contributed by atoms with E-state index in [4.69, 9.17) is 4.42 Å². The molecule has 0 fully saturated rings. The van der Waals surface area contributed by atoms with Crippen LogP contribution in [0.5, 0.6) is 0 Å². The third-order valence-electron chi connectivity index (χ3n) is 3.63. The molecule has 0 spiro atoms. The molecule has 1 aromatic heterocycles. The van der Waals surface area contributed by atoms with Crippen LogP contribution in [0.4, 0.5) is 10.1 Å². The summed E-state index contributed by atoms with van der Waals surface area (Å²) in [5, 5.41) is 9.43. The third-order valence-corrected chi connectivity index (χ3v) is 4.97. The van der Waals surface area contributed by atoms with Crippen molar-refractivity contribution in [1.82, 2.24) is 10.2 Å². The summed E-state index contributed by atoms with van der Waals surface area (Å²) in [7, 11) is -3.28. The van der Waals surface area contributed by atoms with Crippen LogP contribution in [0.15, 0.2) is 44.6 Å². The number of hydroxylamine groups is 1. The van der Waals surface area contributed by atoms with Gasteiger partial charge in [-0.25, -0.2) is 22.5 Å². The Balaban J connectivity index is 2.07. The van der Waals surface area contributed by atoms with Crippen molar-refractivity contribution in [3.63, 3.8) is 0 Å². The molecule has 1 heterocycles. The summed E-state index contributed by atoms with van der Waals surface area (Å²) in [6, 6.07) is 4.09. The number of hydrogen-bond donors (Lipinski definition) is 3. The van der Waals surface area contributed by atoms with Crippen LogP contribution in [0.1, 0.15) is 24.0 Å². The average Bonchev–Trinajstić information content (AvgIpc) is 3.06. The number of ketones is 1. The van der Waals surface area contributed by atoms with Crippen LogP contribution in [0.2, 0.25) is 0 Å². The number of rotatable bonds is 9. The summed E-state index contributed by atoms with van der Waals surface area (Å²) in [5.41, 5.74) is 3.22. The maximum Gasteiger partial charge on any atom is 0.208 e. The molecule has 0 aliphatic heterocycles. The fraction of sp³-hybridized carbons (Fsp3) is 0.294. The molecule has 0 saturated carbocycles. The van der Waals surface area contributed by atoms with Crippen LogP contribution in [0.3, 0.4) is 0 Å². The van der Waals surface area contributed by atoms with Crippen molar-refractivity contribution in [1.29, 1.82) is 0 Å². The number of furan rings is 1. The molecule has 2 rings (SSSR count). The zero-order valence-electron chi connectivity index (χ0n) is 14.9. The van der Waals surface area contributed by atoms with Gasteiger partial charge in [0.15, 0.2) is 5.84 Å². The number of Topliss-reactive ketones (excluding diaryl/α,β-unsaturated/α-hetero) is 1. The van der Waals surface area contributed by atoms with Crippen molar-refractivity contribution in [3.8, 4) is 0 Å². The molecular formula is C17H19BrFN3O5S. The van der Waals surface area contributed by atoms with Crippen molar-refractivity contribution in [3.05, 3.63) is 52.1 Å². The molecule has 2 aromatic rings. The van der Waals surface area contributed by atoms with E-state index in [2.05, 4.69) is 25.6 Å². The van der Waals surface area contributed by atoms with E-state index < -0.39 is 15.8 Å². The monoisotopic (exact) mass is 475 g/mol. The fourth-order valence-corrected chi connectivity index (χ4v) is 3.22. The van der Waals surface area contributed by atoms with Crippen LogP contribution in [-0.2, 0) is 21.2 Å². The molecule has 0 unspecified atom stereocenters. The lowest BCUT2D eigenvalue weighted by atomic mass is 10.0. The zero-order chi connectivity index (χ0) is 20.7. The zero-order valence-corrected chi connectivity index (χ0v) is 17.3. The standard InChI is InChI=1S/C17H19BrFN3O5S/c1-28(25,26)20-6-2-3-13(23)7-11-9-27-10-14(11)17(22-24)21-12-4-5-16(19)15(18)8-12/h4-5,8-10,20,24H,2-3,6-7H2,1H3,(H,21,22). The minimum absolute atomic E-state index is 0.0263. The van der Waals surface area contributed by atoms with E-state index in [9.17, 15) is 22.8 Å². The van der Waals surface area contributed by atoms with Crippen molar-refractivity contribution < 1.29 is 27.2 Å². The summed E-state index contributed by atoms with van der Waals surface area (Å²) in [6.07, 6.45) is 4.32. The molecule has 3 N–H and O–H groups in total. The van der Waals surface area contributed by atoms with Crippen LogP contribution in [-0.4, -0.2) is 38.0 Å². The van der Waals surface area contributed by atoms with Crippen LogP contribution < -0.4 is 10.2 Å². The molecule has 0 aliphatic rings. The highest BCUT2D eigenvalue weighted by molar-refractivity contribution is 9.10. The number of carbonyl (C=O) groups is 1. The van der Waals surface area contributed by atoms with Gasteiger partial charge in [0.2, 0.25) is 10.0 Å². The Kier molecular flexibility index (Phi) is 7.87. The summed E-state index contributed by atoms with van der Waals surface area (Å²) < 4.78 is 43.0. The first-order valence-electron chi connectivity index (χ1n) is 8.15. The Labute approximate surface area is 170 Å². The second-order valence-electron chi connectivity index (χ2n) is 5.97. The molecule has 0 aliphatic carbocycles. The van der Waals surface area contributed by atoms with E-state index >= 15 is 0 Å². The predicted molar refractivity (Wildman–Crippen MR) is 105 cm³/mol. The Morgan fingerprint density at radius 1 is 1.36 bits per heavy atom. The van der Waals surface area contributed by atoms with E-state index in [1.54, 1.807) is 0 Å². The number of aliphatic imine (C=N–C) groups is 1. The lowest BCUT2D eigenvalue weighted by Crippen LogP contribution is -2.24. The van der Waals surface area contributed by atoms with E-state index in [0.717, 1.165) is 6.26 Å². The van der Waals surface area contributed by atoms with Gasteiger partial charge in [0, 0.05) is 24.9 Å². The van der Waals surface area contributed by atoms with E-state index in [0.29, 0.717) is 23.2 Å². The largest absolute Gasteiger partial charge is 0.472 e. The molecule has 0 radical (unpaired) electrons. The molecular weight excluding hydrogens is 457 g/mol. The van der Waals surface area contributed by atoms with Gasteiger partial charge in [-0.1, -0.05) is 0 Å². The topological polar surface area (TPSA) is 121 Å². The highest BCUT2D eigenvalue weighted by Crippen LogP contribution is 2.23. The first-order valence-corrected chi connectivity index (χ1v) is 10.8. The summed E-state index contributed by atoms with van der Waals surface area (Å²) in [4.78, 5) is 16.4. The highest BCUT2D eigenvalue weighted by Gasteiger charge is 2.15. The summed E-state index contributed by atoms with van der Waals surface area (Å²) in [6.45, 7) is 0.174. The van der Waals surface area contributed by atoms with Gasteiger partial charge in [-0.3, -0.25) is 15.5 Å². The maximum atomic E-state index is 13.3. The first-order chi connectivity index (χ1) is 13.2. The smallest absolute Gasteiger partial charge is 0.208 e. The van der Waals surface area contributed by atoms with E-state index in [1.165, 1.54) is 30.7 Å².